The maximum Gasteiger partial charge on any atom is 0.417 e. The predicted molar refractivity (Wildman–Crippen MR) is 126 cm³/mol. The van der Waals surface area contributed by atoms with Crippen LogP contribution in [-0.4, -0.2) is 62.0 Å². The van der Waals surface area contributed by atoms with Crippen molar-refractivity contribution in [3.8, 4) is 0 Å². The number of carbonyl (C=O) groups is 1. The highest BCUT2D eigenvalue weighted by Gasteiger charge is 2.55. The molecule has 1 saturated carbocycles. The summed E-state index contributed by atoms with van der Waals surface area (Å²) in [6.07, 6.45) is -4.57. The summed E-state index contributed by atoms with van der Waals surface area (Å²) in [6, 6.07) is 15.7. The Kier molecular flexibility index (Phi) is 6.89. The average Bonchev–Trinajstić information content (AvgIpc) is 2.83. The standard InChI is InChI=1S/C25H29F3N2O4S/c1-35(33,34)21-9-5-8-20(16-21)29-14-15-30(22(17-29)18-6-3-2-4-7-18)23(31)19-10-12-24(32,13-11-19)25(26,27)28/h2-9,16,19,22,32H,10-15,17H2,1H3/t19?,22-,24?/m1/s1. The van der Waals surface area contributed by atoms with Gasteiger partial charge in [0.2, 0.25) is 5.91 Å². The molecule has 0 aromatic heterocycles. The summed E-state index contributed by atoms with van der Waals surface area (Å²) in [6.45, 7) is 1.23. The van der Waals surface area contributed by atoms with Crippen LogP contribution in [0.15, 0.2) is 59.5 Å². The fraction of sp³-hybridized carbons (Fsp3) is 0.480. The lowest BCUT2D eigenvalue weighted by Crippen LogP contribution is -2.54. The van der Waals surface area contributed by atoms with Gasteiger partial charge in [-0.3, -0.25) is 4.79 Å². The highest BCUT2D eigenvalue weighted by Crippen LogP contribution is 2.44. The minimum atomic E-state index is -4.71. The second kappa shape index (κ2) is 9.46. The van der Waals surface area contributed by atoms with Gasteiger partial charge in [0.25, 0.3) is 0 Å². The van der Waals surface area contributed by atoms with E-state index in [9.17, 15) is 31.5 Å². The van der Waals surface area contributed by atoms with Crippen LogP contribution in [0.3, 0.4) is 0 Å². The zero-order chi connectivity index (χ0) is 25.4. The monoisotopic (exact) mass is 510 g/mol. The Bertz CT molecular complexity index is 1160. The normalized spacial score (nSPS) is 26.0. The number of amides is 1. The number of piperazine rings is 1. The van der Waals surface area contributed by atoms with Crippen LogP contribution in [0.5, 0.6) is 0 Å². The molecule has 1 heterocycles. The van der Waals surface area contributed by atoms with Crippen LogP contribution in [-0.2, 0) is 14.6 Å². The van der Waals surface area contributed by atoms with Crippen LogP contribution in [0.1, 0.15) is 37.3 Å². The van der Waals surface area contributed by atoms with Crippen molar-refractivity contribution in [2.24, 2.45) is 5.92 Å². The lowest BCUT2D eigenvalue weighted by molar-refractivity contribution is -0.271. The summed E-state index contributed by atoms with van der Waals surface area (Å²) in [7, 11) is -3.38. The number of alkyl halides is 3. The van der Waals surface area contributed by atoms with Crippen molar-refractivity contribution in [2.75, 3.05) is 30.8 Å². The summed E-state index contributed by atoms with van der Waals surface area (Å²) < 4.78 is 63.7. The number of benzene rings is 2. The van der Waals surface area contributed by atoms with E-state index in [4.69, 9.17) is 0 Å². The zero-order valence-corrected chi connectivity index (χ0v) is 20.2. The van der Waals surface area contributed by atoms with Crippen molar-refractivity contribution in [1.29, 1.82) is 0 Å². The third kappa shape index (κ3) is 5.33. The fourth-order valence-electron chi connectivity index (χ4n) is 5.01. The molecular formula is C25H29F3N2O4S. The first-order valence-electron chi connectivity index (χ1n) is 11.6. The molecule has 1 saturated heterocycles. The fourth-order valence-corrected chi connectivity index (χ4v) is 5.67. The first kappa shape index (κ1) is 25.5. The third-order valence-corrected chi connectivity index (χ3v) is 8.26. The van der Waals surface area contributed by atoms with Gasteiger partial charge in [-0.1, -0.05) is 36.4 Å². The Labute approximate surface area is 203 Å². The Hall–Kier alpha value is -2.59. The average molecular weight is 511 g/mol. The van der Waals surface area contributed by atoms with Crippen molar-refractivity contribution >= 4 is 21.4 Å². The van der Waals surface area contributed by atoms with Crippen molar-refractivity contribution in [3.63, 3.8) is 0 Å². The molecule has 2 aromatic carbocycles. The molecule has 2 aromatic rings. The molecule has 10 heteroatoms. The third-order valence-electron chi connectivity index (χ3n) is 7.15. The van der Waals surface area contributed by atoms with E-state index in [0.29, 0.717) is 19.6 Å². The lowest BCUT2D eigenvalue weighted by Gasteiger charge is -2.45. The van der Waals surface area contributed by atoms with E-state index >= 15 is 0 Å². The number of anilines is 1. The van der Waals surface area contributed by atoms with Gasteiger partial charge in [-0.25, -0.2) is 8.42 Å². The van der Waals surface area contributed by atoms with Crippen molar-refractivity contribution < 1.29 is 31.5 Å². The molecule has 35 heavy (non-hydrogen) atoms. The van der Waals surface area contributed by atoms with Gasteiger partial charge in [-0.2, -0.15) is 13.2 Å². The largest absolute Gasteiger partial charge is 0.417 e. The highest BCUT2D eigenvalue weighted by atomic mass is 32.2. The van der Waals surface area contributed by atoms with E-state index < -0.39 is 40.4 Å². The van der Waals surface area contributed by atoms with Crippen LogP contribution >= 0.6 is 0 Å². The number of hydrogen-bond donors (Lipinski definition) is 1. The molecule has 4 rings (SSSR count). The quantitative estimate of drug-likeness (QED) is 0.674. The van der Waals surface area contributed by atoms with Gasteiger partial charge in [0.1, 0.15) is 0 Å². The molecule has 2 aliphatic rings. The summed E-state index contributed by atoms with van der Waals surface area (Å²) in [4.78, 5) is 17.5. The summed E-state index contributed by atoms with van der Waals surface area (Å²) >= 11 is 0. The van der Waals surface area contributed by atoms with Crippen LogP contribution < -0.4 is 4.90 Å². The first-order valence-corrected chi connectivity index (χ1v) is 13.5. The molecule has 0 bridgehead atoms. The number of hydrogen-bond acceptors (Lipinski definition) is 5. The molecule has 190 valence electrons. The molecular weight excluding hydrogens is 481 g/mol. The van der Waals surface area contributed by atoms with Crippen LogP contribution in [0.25, 0.3) is 0 Å². The zero-order valence-electron chi connectivity index (χ0n) is 19.4. The molecule has 0 radical (unpaired) electrons. The van der Waals surface area contributed by atoms with Crippen molar-refractivity contribution in [1.82, 2.24) is 4.90 Å². The van der Waals surface area contributed by atoms with Gasteiger partial charge in [-0.15, -0.1) is 0 Å². The van der Waals surface area contributed by atoms with Gasteiger partial charge in [-0.05, 0) is 49.4 Å². The van der Waals surface area contributed by atoms with Crippen LogP contribution in [0.4, 0.5) is 18.9 Å². The van der Waals surface area contributed by atoms with E-state index in [1.54, 1.807) is 23.1 Å². The number of halogens is 3. The molecule has 1 aliphatic carbocycles. The Balaban J connectivity index is 1.56. The molecule has 1 amide bonds. The summed E-state index contributed by atoms with van der Waals surface area (Å²) in [5.74, 6) is -0.781. The van der Waals surface area contributed by atoms with E-state index in [2.05, 4.69) is 0 Å². The SMILES string of the molecule is CS(=O)(=O)c1cccc(N2CCN(C(=O)C3CCC(O)(C(F)(F)F)CC3)[C@@H](c3ccccc3)C2)c1. The van der Waals surface area contributed by atoms with Crippen LogP contribution in [0.2, 0.25) is 0 Å². The van der Waals surface area contributed by atoms with Crippen molar-refractivity contribution in [3.05, 3.63) is 60.2 Å². The molecule has 0 unspecified atom stereocenters. The number of nitrogens with zero attached hydrogens (tertiary/aromatic N) is 2. The predicted octanol–water partition coefficient (Wildman–Crippen LogP) is 3.96. The second-order valence-corrected chi connectivity index (χ2v) is 11.5. The Morgan fingerprint density at radius 2 is 1.69 bits per heavy atom. The molecule has 1 atom stereocenters. The Morgan fingerprint density at radius 1 is 1.03 bits per heavy atom. The minimum Gasteiger partial charge on any atom is -0.380 e. The van der Waals surface area contributed by atoms with Crippen molar-refractivity contribution in [2.45, 2.75) is 48.4 Å². The van der Waals surface area contributed by atoms with Gasteiger partial charge in [0, 0.05) is 37.5 Å². The van der Waals surface area contributed by atoms with Gasteiger partial charge in [0.15, 0.2) is 15.4 Å². The first-order chi connectivity index (χ1) is 16.4. The van der Waals surface area contributed by atoms with Crippen LogP contribution in [0, 0.1) is 5.92 Å². The number of rotatable bonds is 4. The molecule has 1 N–H and O–H groups in total. The van der Waals surface area contributed by atoms with E-state index in [0.717, 1.165) is 17.5 Å². The van der Waals surface area contributed by atoms with Gasteiger partial charge < -0.3 is 14.9 Å². The molecule has 6 nitrogen and oxygen atoms in total. The maximum atomic E-state index is 13.5. The van der Waals surface area contributed by atoms with E-state index in [1.807, 2.05) is 41.3 Å². The Morgan fingerprint density at radius 3 is 2.29 bits per heavy atom. The second-order valence-electron chi connectivity index (χ2n) is 9.48. The molecule has 0 spiro atoms. The number of aliphatic hydroxyl groups is 1. The summed E-state index contributed by atoms with van der Waals surface area (Å²) in [5.41, 5.74) is -1.10. The van der Waals surface area contributed by atoms with E-state index in [-0.39, 0.29) is 29.7 Å². The number of carbonyl (C=O) groups excluding carboxylic acids is 1. The van der Waals surface area contributed by atoms with E-state index in [1.165, 1.54) is 0 Å². The van der Waals surface area contributed by atoms with Gasteiger partial charge >= 0.3 is 6.18 Å². The summed E-state index contributed by atoms with van der Waals surface area (Å²) in [5, 5.41) is 9.99. The minimum absolute atomic E-state index is 0.0209. The topological polar surface area (TPSA) is 77.9 Å². The maximum absolute atomic E-state index is 13.5. The highest BCUT2D eigenvalue weighted by molar-refractivity contribution is 7.90. The molecule has 2 fully saturated rings. The lowest BCUT2D eigenvalue weighted by atomic mass is 9.77. The number of sulfone groups is 1. The molecule has 1 aliphatic heterocycles. The smallest absolute Gasteiger partial charge is 0.380 e. The van der Waals surface area contributed by atoms with Gasteiger partial charge in [0.05, 0.1) is 10.9 Å².